The van der Waals surface area contributed by atoms with Gasteiger partial charge in [0.2, 0.25) is 0 Å². The average molecular weight is 382 g/mol. The van der Waals surface area contributed by atoms with Gasteiger partial charge in [-0.2, -0.15) is 0 Å². The largest absolute Gasteiger partial charge is 0.379 e. The van der Waals surface area contributed by atoms with E-state index in [1.165, 1.54) is 9.54 Å². The Labute approximate surface area is 159 Å². The molecule has 5 nitrogen and oxygen atoms in total. The number of morpholine rings is 1. The van der Waals surface area contributed by atoms with Gasteiger partial charge >= 0.3 is 0 Å². The Morgan fingerprint density at radius 3 is 2.26 bits per heavy atom. The quantitative estimate of drug-likeness (QED) is 0.680. The smallest absolute Gasteiger partial charge is 0.267 e. The molecule has 4 rings (SSSR count). The standard InChI is InChI=1S/C21H22N2O3S/c24-27(25,23-10-1-2-11-23)21-5-3-4-20(16-21)19-8-6-18(7-9-19)17-22-12-14-26-15-13-22/h1-11,16H,12-15,17H2. The van der Waals surface area contributed by atoms with E-state index in [2.05, 4.69) is 29.2 Å². The van der Waals surface area contributed by atoms with Crippen LogP contribution >= 0.6 is 0 Å². The van der Waals surface area contributed by atoms with Crippen molar-refractivity contribution < 1.29 is 13.2 Å². The predicted molar refractivity (Wildman–Crippen MR) is 105 cm³/mol. The molecule has 0 saturated carbocycles. The van der Waals surface area contributed by atoms with Crippen molar-refractivity contribution >= 4 is 10.0 Å². The zero-order valence-corrected chi connectivity index (χ0v) is 15.8. The molecule has 0 aliphatic carbocycles. The fourth-order valence-electron chi connectivity index (χ4n) is 3.26. The summed E-state index contributed by atoms with van der Waals surface area (Å²) in [6, 6.07) is 18.8. The van der Waals surface area contributed by atoms with Crippen LogP contribution in [0.15, 0.2) is 78.0 Å². The van der Waals surface area contributed by atoms with E-state index in [1.54, 1.807) is 42.7 Å². The van der Waals surface area contributed by atoms with Gasteiger partial charge < -0.3 is 4.74 Å². The third-order valence-electron chi connectivity index (χ3n) is 4.78. The summed E-state index contributed by atoms with van der Waals surface area (Å²) in [4.78, 5) is 2.66. The van der Waals surface area contributed by atoms with Crippen LogP contribution in [0.4, 0.5) is 0 Å². The molecule has 2 heterocycles. The summed E-state index contributed by atoms with van der Waals surface area (Å²) in [6.07, 6.45) is 3.09. The Bertz CT molecular complexity index is 990. The normalized spacial score (nSPS) is 15.7. The molecule has 3 aromatic rings. The Kier molecular flexibility index (Phi) is 5.11. The molecule has 0 spiro atoms. The van der Waals surface area contributed by atoms with Gasteiger partial charge in [0.15, 0.2) is 0 Å². The van der Waals surface area contributed by atoms with Gasteiger partial charge in [0, 0.05) is 32.0 Å². The minimum absolute atomic E-state index is 0.286. The third-order valence-corrected chi connectivity index (χ3v) is 6.43. The molecule has 0 radical (unpaired) electrons. The number of benzene rings is 2. The van der Waals surface area contributed by atoms with Crippen molar-refractivity contribution in [1.82, 2.24) is 8.87 Å². The summed E-state index contributed by atoms with van der Waals surface area (Å²) >= 11 is 0. The number of rotatable bonds is 5. The zero-order valence-electron chi connectivity index (χ0n) is 15.0. The highest BCUT2D eigenvalue weighted by Gasteiger charge is 2.16. The second-order valence-electron chi connectivity index (χ2n) is 6.63. The maximum Gasteiger partial charge on any atom is 0.267 e. The number of ether oxygens (including phenoxy) is 1. The number of nitrogens with zero attached hydrogens (tertiary/aromatic N) is 2. The molecule has 1 saturated heterocycles. The summed E-state index contributed by atoms with van der Waals surface area (Å²) in [6.45, 7) is 4.41. The van der Waals surface area contributed by atoms with Crippen LogP contribution in [-0.4, -0.2) is 43.6 Å². The molecule has 0 bridgehead atoms. The summed E-state index contributed by atoms with van der Waals surface area (Å²) in [5, 5.41) is 0. The molecule has 1 aliphatic heterocycles. The van der Waals surface area contributed by atoms with E-state index in [0.717, 1.165) is 44.0 Å². The van der Waals surface area contributed by atoms with E-state index < -0.39 is 10.0 Å². The van der Waals surface area contributed by atoms with Gasteiger partial charge in [-0.1, -0.05) is 36.4 Å². The summed E-state index contributed by atoms with van der Waals surface area (Å²) in [7, 11) is -3.56. The van der Waals surface area contributed by atoms with E-state index in [-0.39, 0.29) is 4.90 Å². The molecular weight excluding hydrogens is 360 g/mol. The number of hydrogen-bond acceptors (Lipinski definition) is 4. The minimum atomic E-state index is -3.56. The monoisotopic (exact) mass is 382 g/mol. The molecule has 1 fully saturated rings. The van der Waals surface area contributed by atoms with Crippen LogP contribution in [0, 0.1) is 0 Å². The molecule has 2 aromatic carbocycles. The zero-order chi connectivity index (χ0) is 18.7. The van der Waals surface area contributed by atoms with E-state index in [0.29, 0.717) is 0 Å². The number of aromatic nitrogens is 1. The van der Waals surface area contributed by atoms with Crippen LogP contribution in [-0.2, 0) is 21.3 Å². The van der Waals surface area contributed by atoms with E-state index >= 15 is 0 Å². The van der Waals surface area contributed by atoms with Crippen molar-refractivity contribution in [3.05, 3.63) is 78.6 Å². The lowest BCUT2D eigenvalue weighted by Crippen LogP contribution is -2.35. The summed E-state index contributed by atoms with van der Waals surface area (Å²) in [5.41, 5.74) is 3.14. The van der Waals surface area contributed by atoms with Crippen molar-refractivity contribution in [1.29, 1.82) is 0 Å². The van der Waals surface area contributed by atoms with Crippen molar-refractivity contribution in [2.75, 3.05) is 26.3 Å². The van der Waals surface area contributed by atoms with Crippen molar-refractivity contribution in [3.8, 4) is 11.1 Å². The highest BCUT2D eigenvalue weighted by Crippen LogP contribution is 2.24. The molecule has 0 N–H and O–H groups in total. The third kappa shape index (κ3) is 3.98. The highest BCUT2D eigenvalue weighted by molar-refractivity contribution is 7.90. The minimum Gasteiger partial charge on any atom is -0.379 e. The van der Waals surface area contributed by atoms with Crippen molar-refractivity contribution in [2.45, 2.75) is 11.4 Å². The summed E-state index contributed by atoms with van der Waals surface area (Å²) < 4.78 is 32.0. The first-order valence-electron chi connectivity index (χ1n) is 9.01. The van der Waals surface area contributed by atoms with E-state index in [9.17, 15) is 8.42 Å². The maximum absolute atomic E-state index is 12.7. The van der Waals surface area contributed by atoms with Gasteiger partial charge in [-0.25, -0.2) is 12.4 Å². The van der Waals surface area contributed by atoms with Gasteiger partial charge in [0.05, 0.1) is 18.1 Å². The lowest BCUT2D eigenvalue weighted by molar-refractivity contribution is 0.0342. The first kappa shape index (κ1) is 18.0. The van der Waals surface area contributed by atoms with Crippen LogP contribution in [0.3, 0.4) is 0 Å². The van der Waals surface area contributed by atoms with Gasteiger partial charge in [0.25, 0.3) is 10.0 Å². The van der Waals surface area contributed by atoms with Crippen LogP contribution in [0.2, 0.25) is 0 Å². The van der Waals surface area contributed by atoms with Crippen LogP contribution in [0.1, 0.15) is 5.56 Å². The molecule has 140 valence electrons. The number of hydrogen-bond donors (Lipinski definition) is 0. The first-order chi connectivity index (χ1) is 13.1. The first-order valence-corrected chi connectivity index (χ1v) is 10.4. The van der Waals surface area contributed by atoms with E-state index in [1.807, 2.05) is 6.07 Å². The molecule has 0 unspecified atom stereocenters. The van der Waals surface area contributed by atoms with Crippen molar-refractivity contribution in [3.63, 3.8) is 0 Å². The molecule has 0 amide bonds. The molecular formula is C21H22N2O3S. The molecule has 6 heteroatoms. The molecule has 1 aromatic heterocycles. The van der Waals surface area contributed by atoms with Gasteiger partial charge in [0.1, 0.15) is 0 Å². The van der Waals surface area contributed by atoms with Gasteiger partial charge in [-0.15, -0.1) is 0 Å². The molecule has 27 heavy (non-hydrogen) atoms. The molecule has 1 aliphatic rings. The SMILES string of the molecule is O=S(=O)(c1cccc(-c2ccc(CN3CCOCC3)cc2)c1)n1cccc1. The Hall–Kier alpha value is -2.41. The Morgan fingerprint density at radius 1 is 0.852 bits per heavy atom. The fraction of sp³-hybridized carbons (Fsp3) is 0.238. The lowest BCUT2D eigenvalue weighted by atomic mass is 10.0. The Balaban J connectivity index is 1.55. The van der Waals surface area contributed by atoms with E-state index in [4.69, 9.17) is 4.74 Å². The fourth-order valence-corrected chi connectivity index (χ4v) is 4.49. The molecule has 0 atom stereocenters. The van der Waals surface area contributed by atoms with Crippen LogP contribution < -0.4 is 0 Å². The topological polar surface area (TPSA) is 51.5 Å². The van der Waals surface area contributed by atoms with Gasteiger partial charge in [-0.3, -0.25) is 4.90 Å². The maximum atomic E-state index is 12.7. The second kappa shape index (κ2) is 7.68. The lowest BCUT2D eigenvalue weighted by Gasteiger charge is -2.26. The van der Waals surface area contributed by atoms with Crippen LogP contribution in [0.5, 0.6) is 0 Å². The Morgan fingerprint density at radius 2 is 1.56 bits per heavy atom. The van der Waals surface area contributed by atoms with Crippen molar-refractivity contribution in [2.24, 2.45) is 0 Å². The summed E-state index contributed by atoms with van der Waals surface area (Å²) in [5.74, 6) is 0. The highest BCUT2D eigenvalue weighted by atomic mass is 32.2. The average Bonchev–Trinajstić information content (AvgIpc) is 3.25. The predicted octanol–water partition coefficient (Wildman–Crippen LogP) is 3.22. The van der Waals surface area contributed by atoms with Gasteiger partial charge in [-0.05, 0) is 41.0 Å². The second-order valence-corrected chi connectivity index (χ2v) is 8.47. The van der Waals surface area contributed by atoms with Crippen LogP contribution in [0.25, 0.3) is 11.1 Å².